The topological polar surface area (TPSA) is 147 Å². The zero-order valence-electron chi connectivity index (χ0n) is 18.3. The molecule has 2 saturated heterocycles. The summed E-state index contributed by atoms with van der Waals surface area (Å²) < 4.78 is 0.959. The monoisotopic (exact) mass is 506 g/mol. The molecule has 12 heteroatoms. The Morgan fingerprint density at radius 3 is 2.59 bits per heavy atom. The largest absolute Gasteiger partial charge is 0.396 e. The number of H-pyrrole nitrogens is 1. The van der Waals surface area contributed by atoms with E-state index in [0.29, 0.717) is 28.8 Å². The van der Waals surface area contributed by atoms with Crippen molar-refractivity contribution in [2.45, 2.75) is 24.7 Å². The first-order chi connectivity index (χ1) is 16.0. The van der Waals surface area contributed by atoms with Crippen LogP contribution in [0.25, 0.3) is 20.8 Å². The van der Waals surface area contributed by atoms with Gasteiger partial charge in [-0.2, -0.15) is 4.98 Å². The van der Waals surface area contributed by atoms with Crippen molar-refractivity contribution < 1.29 is 15.3 Å². The zero-order chi connectivity index (χ0) is 22.7. The number of halogens is 1. The van der Waals surface area contributed by atoms with E-state index in [1.807, 2.05) is 29.2 Å². The molecule has 3 aromatic rings. The number of nitrogens with zero attached hydrogens (tertiary/aromatic N) is 3. The van der Waals surface area contributed by atoms with Gasteiger partial charge in [-0.3, -0.25) is 9.78 Å². The lowest BCUT2D eigenvalue weighted by Gasteiger charge is -2.56. The van der Waals surface area contributed by atoms with E-state index in [-0.39, 0.29) is 30.0 Å². The molecular formula is C22H27ClN6O4S. The van der Waals surface area contributed by atoms with Crippen molar-refractivity contribution >= 4 is 45.7 Å². The fraction of sp³-hybridized carbons (Fsp3) is 0.500. The molecule has 1 aromatic carbocycles. The number of anilines is 2. The number of nitrogens with one attached hydrogen (secondary N) is 3. The van der Waals surface area contributed by atoms with Crippen LogP contribution in [0.15, 0.2) is 29.1 Å². The Balaban J connectivity index is 0.00000241. The number of para-hydroxylation sites is 1. The third kappa shape index (κ3) is 3.76. The van der Waals surface area contributed by atoms with Crippen LogP contribution in [-0.4, -0.2) is 81.3 Å². The van der Waals surface area contributed by atoms with Crippen LogP contribution in [0.1, 0.15) is 6.42 Å². The molecule has 4 heterocycles. The van der Waals surface area contributed by atoms with Crippen LogP contribution in [-0.2, 0) is 0 Å². The minimum absolute atomic E-state index is 0. The first-order valence-electron chi connectivity index (χ1n) is 11.2. The normalized spacial score (nSPS) is 27.3. The molecule has 1 saturated carbocycles. The predicted octanol–water partition coefficient (Wildman–Crippen LogP) is 0.393. The molecule has 2 aliphatic heterocycles. The van der Waals surface area contributed by atoms with E-state index in [1.54, 1.807) is 0 Å². The molecule has 3 aliphatic rings. The highest BCUT2D eigenvalue weighted by Crippen LogP contribution is 2.38. The molecule has 10 nitrogen and oxygen atoms in total. The van der Waals surface area contributed by atoms with Gasteiger partial charge in [0.05, 0.1) is 22.4 Å². The molecular weight excluding hydrogens is 480 g/mol. The number of rotatable bonds is 5. The Bertz CT molecular complexity index is 1220. The van der Waals surface area contributed by atoms with Gasteiger partial charge < -0.3 is 30.9 Å². The van der Waals surface area contributed by atoms with Gasteiger partial charge in [0.2, 0.25) is 5.95 Å². The minimum atomic E-state index is -1.08. The van der Waals surface area contributed by atoms with E-state index in [9.17, 15) is 20.1 Å². The van der Waals surface area contributed by atoms with Crippen LogP contribution >= 0.6 is 23.7 Å². The smallest absolute Gasteiger partial charge is 0.264 e. The highest BCUT2D eigenvalue weighted by Gasteiger charge is 2.48. The zero-order valence-corrected chi connectivity index (χ0v) is 19.9. The Hall–Kier alpha value is -2.28. The number of aliphatic hydroxyl groups excluding tert-OH is 3. The van der Waals surface area contributed by atoms with Gasteiger partial charge in [-0.25, -0.2) is 4.98 Å². The number of hydrogen-bond acceptors (Lipinski definition) is 10. The Labute approximate surface area is 205 Å². The summed E-state index contributed by atoms with van der Waals surface area (Å²) in [6.45, 7) is 3.36. The van der Waals surface area contributed by atoms with Gasteiger partial charge in [-0.15, -0.1) is 23.7 Å². The maximum atomic E-state index is 13.3. The van der Waals surface area contributed by atoms with Crippen molar-refractivity contribution in [2.24, 2.45) is 11.3 Å². The lowest BCUT2D eigenvalue weighted by atomic mass is 9.75. The standard InChI is InChI=1S/C22H26N6O4S.ClH/c29-6-11-5-13(17(31)16(11)30)24-18-15(20-25-12-3-1-2-4-14(12)33-20)19(32)27-21(26-18)28-9-22(10-28)7-23-8-22;/h1-4,11,13,16-17,23,29-31H,5-10H2,(H2,24,26,27,32);1H/t11-,13-,16-,17+;/m1./s1. The van der Waals surface area contributed by atoms with Crippen LogP contribution in [0.5, 0.6) is 0 Å². The van der Waals surface area contributed by atoms with Crippen molar-refractivity contribution in [3.63, 3.8) is 0 Å². The first kappa shape index (κ1) is 23.5. The Morgan fingerprint density at radius 1 is 1.18 bits per heavy atom. The molecule has 2 aromatic heterocycles. The number of aliphatic hydroxyl groups is 3. The van der Waals surface area contributed by atoms with Crippen LogP contribution in [0.4, 0.5) is 11.8 Å². The lowest BCUT2D eigenvalue weighted by molar-refractivity contribution is 0.00446. The summed E-state index contributed by atoms with van der Waals surface area (Å²) in [6, 6.07) is 7.13. The quantitative estimate of drug-likeness (QED) is 0.289. The van der Waals surface area contributed by atoms with Gasteiger partial charge in [0.25, 0.3) is 5.56 Å². The predicted molar refractivity (Wildman–Crippen MR) is 133 cm³/mol. The van der Waals surface area contributed by atoms with Crippen molar-refractivity contribution in [1.29, 1.82) is 0 Å². The molecule has 4 atom stereocenters. The Morgan fingerprint density at radius 2 is 1.94 bits per heavy atom. The maximum Gasteiger partial charge on any atom is 0.264 e. The second kappa shape index (κ2) is 8.74. The van der Waals surface area contributed by atoms with Crippen LogP contribution in [0.2, 0.25) is 0 Å². The SMILES string of the molecule is Cl.O=c1[nH]c(N2CC3(CNC3)C2)nc(N[C@@H]2C[C@H](CO)[C@@H](O)[C@H]2O)c1-c1nc2ccccc2s1. The van der Waals surface area contributed by atoms with Crippen molar-refractivity contribution in [2.75, 3.05) is 43.0 Å². The van der Waals surface area contributed by atoms with Gasteiger partial charge >= 0.3 is 0 Å². The van der Waals surface area contributed by atoms with Crippen LogP contribution in [0.3, 0.4) is 0 Å². The molecule has 1 spiro atoms. The molecule has 34 heavy (non-hydrogen) atoms. The number of benzene rings is 1. The van der Waals surface area contributed by atoms with Gasteiger partial charge in [-0.1, -0.05) is 12.1 Å². The molecule has 1 aliphatic carbocycles. The van der Waals surface area contributed by atoms with Crippen LogP contribution in [0, 0.1) is 11.3 Å². The average Bonchev–Trinajstić information content (AvgIpc) is 3.27. The second-order valence-electron chi connectivity index (χ2n) is 9.47. The molecule has 6 N–H and O–H groups in total. The van der Waals surface area contributed by atoms with Gasteiger partial charge in [0, 0.05) is 44.1 Å². The van der Waals surface area contributed by atoms with Crippen molar-refractivity contribution in [3.8, 4) is 10.6 Å². The third-order valence-corrected chi connectivity index (χ3v) is 8.18. The Kier molecular flexibility index (Phi) is 6.03. The average molecular weight is 507 g/mol. The van der Waals surface area contributed by atoms with E-state index in [2.05, 4.69) is 20.6 Å². The van der Waals surface area contributed by atoms with E-state index in [4.69, 9.17) is 4.98 Å². The number of hydrogen-bond donors (Lipinski definition) is 6. The van der Waals surface area contributed by atoms with E-state index < -0.39 is 24.2 Å². The van der Waals surface area contributed by atoms with Crippen LogP contribution < -0.4 is 21.1 Å². The summed E-state index contributed by atoms with van der Waals surface area (Å²) in [5.41, 5.74) is 1.07. The number of thiazole rings is 1. The number of aromatic nitrogens is 3. The van der Waals surface area contributed by atoms with E-state index in [1.165, 1.54) is 11.3 Å². The molecule has 3 fully saturated rings. The van der Waals surface area contributed by atoms with E-state index >= 15 is 0 Å². The molecule has 6 rings (SSSR count). The van der Waals surface area contributed by atoms with Crippen molar-refractivity contribution in [3.05, 3.63) is 34.6 Å². The number of aromatic amines is 1. The fourth-order valence-corrected chi connectivity index (χ4v) is 6.14. The van der Waals surface area contributed by atoms with Gasteiger partial charge in [0.15, 0.2) is 0 Å². The van der Waals surface area contributed by atoms with Crippen molar-refractivity contribution in [1.82, 2.24) is 20.3 Å². The van der Waals surface area contributed by atoms with Gasteiger partial charge in [0.1, 0.15) is 22.5 Å². The molecule has 0 radical (unpaired) electrons. The summed E-state index contributed by atoms with van der Waals surface area (Å²) >= 11 is 1.40. The lowest BCUT2D eigenvalue weighted by Crippen LogP contribution is -2.71. The highest BCUT2D eigenvalue weighted by molar-refractivity contribution is 7.21. The summed E-state index contributed by atoms with van der Waals surface area (Å²) in [4.78, 5) is 27.7. The minimum Gasteiger partial charge on any atom is -0.396 e. The molecule has 0 amide bonds. The first-order valence-corrected chi connectivity index (χ1v) is 12.0. The summed E-state index contributed by atoms with van der Waals surface area (Å²) in [5.74, 6) is 0.373. The third-order valence-electron chi connectivity index (χ3n) is 7.13. The molecule has 0 bridgehead atoms. The molecule has 182 valence electrons. The fourth-order valence-electron chi connectivity index (χ4n) is 5.13. The van der Waals surface area contributed by atoms with Gasteiger partial charge in [-0.05, 0) is 18.6 Å². The summed E-state index contributed by atoms with van der Waals surface area (Å²) in [7, 11) is 0. The molecule has 0 unspecified atom stereocenters. The highest BCUT2D eigenvalue weighted by atomic mass is 35.5. The number of fused-ring (bicyclic) bond motifs is 1. The maximum absolute atomic E-state index is 13.3. The summed E-state index contributed by atoms with van der Waals surface area (Å²) in [6.07, 6.45) is -1.76. The summed E-state index contributed by atoms with van der Waals surface area (Å²) in [5, 5.41) is 37.4. The van der Waals surface area contributed by atoms with E-state index in [0.717, 1.165) is 36.4 Å². The second-order valence-corrected chi connectivity index (χ2v) is 10.5.